The molecule has 0 aliphatic heterocycles. The predicted molar refractivity (Wildman–Crippen MR) is 99.8 cm³/mol. The highest BCUT2D eigenvalue weighted by molar-refractivity contribution is 7.90. The molecule has 132 valence electrons. The zero-order valence-corrected chi connectivity index (χ0v) is 15.9. The molecule has 0 unspecified atom stereocenters. The number of fused-ring (bicyclic) bond motifs is 1. The van der Waals surface area contributed by atoms with Crippen LogP contribution in [0.25, 0.3) is 10.9 Å². The fourth-order valence-electron chi connectivity index (χ4n) is 3.19. The first-order valence-corrected chi connectivity index (χ1v) is 10.3. The summed E-state index contributed by atoms with van der Waals surface area (Å²) in [6.45, 7) is 9.96. The molecule has 1 aliphatic rings. The van der Waals surface area contributed by atoms with Gasteiger partial charge >= 0.3 is 0 Å². The van der Waals surface area contributed by atoms with Crippen molar-refractivity contribution in [3.05, 3.63) is 35.5 Å². The van der Waals surface area contributed by atoms with Crippen molar-refractivity contribution < 1.29 is 8.42 Å². The number of aromatic nitrogens is 1. The lowest BCUT2D eigenvalue weighted by atomic mass is 9.88. The minimum Gasteiger partial charge on any atom is -0.346 e. The van der Waals surface area contributed by atoms with Gasteiger partial charge in [0, 0.05) is 30.2 Å². The Kier molecular flexibility index (Phi) is 4.51. The highest BCUT2D eigenvalue weighted by atomic mass is 32.2. The first kappa shape index (κ1) is 17.5. The predicted octanol–water partition coefficient (Wildman–Crippen LogP) is 3.62. The number of nitrogens with one attached hydrogen (secondary N) is 1. The molecule has 1 fully saturated rings. The molecule has 5 heteroatoms. The van der Waals surface area contributed by atoms with Crippen LogP contribution in [0.2, 0.25) is 0 Å². The summed E-state index contributed by atoms with van der Waals surface area (Å²) in [4.78, 5) is 0. The van der Waals surface area contributed by atoms with Crippen LogP contribution in [0.3, 0.4) is 0 Å². The Morgan fingerprint density at radius 2 is 1.96 bits per heavy atom. The van der Waals surface area contributed by atoms with Gasteiger partial charge in [0.2, 0.25) is 10.0 Å². The maximum atomic E-state index is 12.0. The van der Waals surface area contributed by atoms with Gasteiger partial charge in [-0.05, 0) is 49.3 Å². The number of hydrogen-bond donors (Lipinski definition) is 1. The topological polar surface area (TPSA) is 51.1 Å². The average Bonchev–Trinajstić information content (AvgIpc) is 3.25. The molecule has 1 aliphatic carbocycles. The van der Waals surface area contributed by atoms with Gasteiger partial charge in [-0.15, -0.1) is 0 Å². The number of sulfonamides is 1. The summed E-state index contributed by atoms with van der Waals surface area (Å²) in [5.41, 5.74) is 4.00. The van der Waals surface area contributed by atoms with Crippen LogP contribution < -0.4 is 4.72 Å². The van der Waals surface area contributed by atoms with Gasteiger partial charge in [-0.2, -0.15) is 0 Å². The highest BCUT2D eigenvalue weighted by Crippen LogP contribution is 2.29. The van der Waals surface area contributed by atoms with Crippen LogP contribution in [0.15, 0.2) is 24.4 Å². The van der Waals surface area contributed by atoms with Crippen molar-refractivity contribution in [3.8, 4) is 0 Å². The van der Waals surface area contributed by atoms with Crippen LogP contribution in [-0.4, -0.2) is 24.8 Å². The number of hydrogen-bond acceptors (Lipinski definition) is 2. The second-order valence-electron chi connectivity index (χ2n) is 8.24. The van der Waals surface area contributed by atoms with E-state index in [-0.39, 0.29) is 10.7 Å². The van der Waals surface area contributed by atoms with Crippen molar-refractivity contribution in [2.24, 2.45) is 5.41 Å². The zero-order chi connectivity index (χ0) is 17.5. The first-order valence-electron chi connectivity index (χ1n) is 8.73. The molecule has 0 amide bonds. The maximum absolute atomic E-state index is 12.0. The Balaban J connectivity index is 1.82. The third kappa shape index (κ3) is 4.01. The van der Waals surface area contributed by atoms with Crippen molar-refractivity contribution in [1.29, 1.82) is 0 Å². The zero-order valence-electron chi connectivity index (χ0n) is 15.1. The number of nitrogens with zero attached hydrogens (tertiary/aromatic N) is 1. The molecule has 0 radical (unpaired) electrons. The smallest absolute Gasteiger partial charge is 0.214 e. The van der Waals surface area contributed by atoms with Crippen molar-refractivity contribution >= 4 is 20.9 Å². The Labute approximate surface area is 145 Å². The summed E-state index contributed by atoms with van der Waals surface area (Å²) in [6, 6.07) is 6.50. The van der Waals surface area contributed by atoms with Crippen LogP contribution in [0.5, 0.6) is 0 Å². The molecule has 3 rings (SSSR count). The lowest BCUT2D eigenvalue weighted by Crippen LogP contribution is -2.30. The minimum absolute atomic E-state index is 0.155. The monoisotopic (exact) mass is 348 g/mol. The minimum atomic E-state index is -3.10. The van der Waals surface area contributed by atoms with Crippen molar-refractivity contribution in [2.75, 3.05) is 6.54 Å². The van der Waals surface area contributed by atoms with E-state index in [1.54, 1.807) is 0 Å². The fourth-order valence-corrected chi connectivity index (χ4v) is 4.55. The molecule has 24 heavy (non-hydrogen) atoms. The van der Waals surface area contributed by atoms with E-state index in [0.29, 0.717) is 13.1 Å². The van der Waals surface area contributed by atoms with Crippen LogP contribution >= 0.6 is 0 Å². The van der Waals surface area contributed by atoms with E-state index in [1.807, 2.05) is 0 Å². The Bertz CT molecular complexity index is 840. The van der Waals surface area contributed by atoms with Gasteiger partial charge in [0.1, 0.15) is 0 Å². The van der Waals surface area contributed by atoms with Crippen LogP contribution in [0.1, 0.15) is 44.7 Å². The Hall–Kier alpha value is -1.33. The average molecular weight is 349 g/mol. The van der Waals surface area contributed by atoms with Gasteiger partial charge < -0.3 is 4.57 Å². The summed E-state index contributed by atoms with van der Waals surface area (Å²) >= 11 is 0. The van der Waals surface area contributed by atoms with Gasteiger partial charge in [0.05, 0.1) is 5.25 Å². The Morgan fingerprint density at radius 3 is 2.58 bits per heavy atom. The second kappa shape index (κ2) is 6.19. The van der Waals surface area contributed by atoms with Crippen LogP contribution in [-0.2, 0) is 23.0 Å². The van der Waals surface area contributed by atoms with Gasteiger partial charge in [0.25, 0.3) is 0 Å². The molecule has 1 aromatic carbocycles. The summed E-state index contributed by atoms with van der Waals surface area (Å²) in [5, 5.41) is 1.13. The third-order valence-electron chi connectivity index (χ3n) is 4.46. The van der Waals surface area contributed by atoms with Gasteiger partial charge in [-0.1, -0.05) is 32.4 Å². The lowest BCUT2D eigenvalue weighted by molar-refractivity contribution is 0.412. The largest absolute Gasteiger partial charge is 0.346 e. The molecular weight excluding hydrogens is 320 g/mol. The van der Waals surface area contributed by atoms with E-state index in [4.69, 9.17) is 0 Å². The maximum Gasteiger partial charge on any atom is 0.214 e. The molecule has 1 aromatic heterocycles. The lowest BCUT2D eigenvalue weighted by Gasteiger charge is -2.17. The molecule has 0 spiro atoms. The van der Waals surface area contributed by atoms with E-state index in [1.165, 1.54) is 22.0 Å². The molecule has 4 nitrogen and oxygen atoms in total. The van der Waals surface area contributed by atoms with Gasteiger partial charge in [0.15, 0.2) is 0 Å². The molecule has 1 heterocycles. The first-order chi connectivity index (χ1) is 11.2. The normalized spacial score (nSPS) is 16.0. The SMILES string of the molecule is Cc1ccc2c(c1)c(CC(C)(C)C)cn2CCNS(=O)(=O)C1CC1. The number of benzene rings is 1. The van der Waals surface area contributed by atoms with Gasteiger partial charge in [-0.3, -0.25) is 0 Å². The number of rotatable bonds is 6. The van der Waals surface area contributed by atoms with E-state index in [0.717, 1.165) is 19.3 Å². The summed E-state index contributed by atoms with van der Waals surface area (Å²) < 4.78 is 28.9. The van der Waals surface area contributed by atoms with E-state index in [2.05, 4.69) is 61.4 Å². The van der Waals surface area contributed by atoms with Gasteiger partial charge in [-0.25, -0.2) is 13.1 Å². The van der Waals surface area contributed by atoms with Crippen LogP contribution in [0.4, 0.5) is 0 Å². The summed E-state index contributed by atoms with van der Waals surface area (Å²) in [5.74, 6) is 0. The standard InChI is InChI=1S/C19H28N2O2S/c1-14-5-8-18-17(11-14)15(12-19(2,3)4)13-21(18)10-9-20-24(22,23)16-6-7-16/h5,8,11,13,16,20H,6-7,9-10,12H2,1-4H3. The van der Waals surface area contributed by atoms with Crippen molar-refractivity contribution in [3.63, 3.8) is 0 Å². The van der Waals surface area contributed by atoms with Crippen LogP contribution in [0, 0.1) is 12.3 Å². The quantitative estimate of drug-likeness (QED) is 0.867. The van der Waals surface area contributed by atoms with E-state index in [9.17, 15) is 8.42 Å². The summed E-state index contributed by atoms with van der Waals surface area (Å²) in [6.07, 6.45) is 4.81. The molecule has 1 N–H and O–H groups in total. The fraction of sp³-hybridized carbons (Fsp3) is 0.579. The Morgan fingerprint density at radius 1 is 1.25 bits per heavy atom. The molecule has 0 bridgehead atoms. The molecule has 2 aromatic rings. The highest BCUT2D eigenvalue weighted by Gasteiger charge is 2.35. The van der Waals surface area contributed by atoms with E-state index >= 15 is 0 Å². The number of aryl methyl sites for hydroxylation is 1. The molecule has 0 saturated heterocycles. The summed E-state index contributed by atoms with van der Waals surface area (Å²) in [7, 11) is -3.10. The van der Waals surface area contributed by atoms with E-state index < -0.39 is 10.0 Å². The second-order valence-corrected chi connectivity index (χ2v) is 10.3. The third-order valence-corrected chi connectivity index (χ3v) is 6.41. The van der Waals surface area contributed by atoms with Crippen molar-refractivity contribution in [2.45, 2.75) is 58.8 Å². The molecule has 1 saturated carbocycles. The molecular formula is C19H28N2O2S. The van der Waals surface area contributed by atoms with Crippen molar-refractivity contribution in [1.82, 2.24) is 9.29 Å². The molecule has 0 atom stereocenters.